The van der Waals surface area contributed by atoms with E-state index in [0.717, 1.165) is 6.42 Å². The Bertz CT molecular complexity index is 491. The van der Waals surface area contributed by atoms with Crippen LogP contribution in [0.25, 0.3) is 11.6 Å². The predicted molar refractivity (Wildman–Crippen MR) is 63.4 cm³/mol. The summed E-state index contributed by atoms with van der Waals surface area (Å²) in [7, 11) is 0. The van der Waals surface area contributed by atoms with Crippen LogP contribution in [0, 0.1) is 0 Å². The van der Waals surface area contributed by atoms with Gasteiger partial charge in [0.1, 0.15) is 0 Å². The van der Waals surface area contributed by atoms with Gasteiger partial charge in [-0.15, -0.1) is 0 Å². The fourth-order valence-corrected chi connectivity index (χ4v) is 2.20. The highest BCUT2D eigenvalue weighted by molar-refractivity contribution is 5.83. The molecule has 0 saturated heterocycles. The van der Waals surface area contributed by atoms with E-state index >= 15 is 0 Å². The SMILES string of the molecule is C(=C1\CCc2cc[nH]c21)/c1ccccc1. The standard InChI is InChI=1S/C14H13N/c1-2-4-11(5-3-1)10-13-7-6-12-8-9-15-14(12)13/h1-5,8-10,15H,6-7H2/b13-10-. The lowest BCUT2D eigenvalue weighted by Crippen LogP contribution is -1.78. The number of H-pyrrole nitrogens is 1. The van der Waals surface area contributed by atoms with Crippen LogP contribution in [0.5, 0.6) is 0 Å². The maximum atomic E-state index is 3.32. The third-order valence-corrected chi connectivity index (χ3v) is 2.96. The summed E-state index contributed by atoms with van der Waals surface area (Å²) in [6.45, 7) is 0. The van der Waals surface area contributed by atoms with Crippen LogP contribution < -0.4 is 0 Å². The van der Waals surface area contributed by atoms with Gasteiger partial charge in [0.05, 0.1) is 0 Å². The maximum absolute atomic E-state index is 3.32. The number of hydrogen-bond acceptors (Lipinski definition) is 0. The van der Waals surface area contributed by atoms with Gasteiger partial charge < -0.3 is 4.98 Å². The van der Waals surface area contributed by atoms with E-state index in [2.05, 4.69) is 47.5 Å². The number of aromatic nitrogens is 1. The summed E-state index contributed by atoms with van der Waals surface area (Å²) in [5, 5.41) is 0. The number of fused-ring (bicyclic) bond motifs is 1. The summed E-state index contributed by atoms with van der Waals surface area (Å²) in [4.78, 5) is 3.32. The molecule has 0 atom stereocenters. The molecular formula is C14H13N. The van der Waals surface area contributed by atoms with Crippen molar-refractivity contribution in [2.45, 2.75) is 12.8 Å². The first-order valence-corrected chi connectivity index (χ1v) is 5.36. The number of nitrogens with one attached hydrogen (secondary N) is 1. The van der Waals surface area contributed by atoms with E-state index in [1.54, 1.807) is 0 Å². The van der Waals surface area contributed by atoms with Crippen LogP contribution in [0.2, 0.25) is 0 Å². The summed E-state index contributed by atoms with van der Waals surface area (Å²) in [6, 6.07) is 12.7. The van der Waals surface area contributed by atoms with Gasteiger partial charge >= 0.3 is 0 Å². The Balaban J connectivity index is 2.01. The number of hydrogen-bond donors (Lipinski definition) is 1. The summed E-state index contributed by atoms with van der Waals surface area (Å²) in [5.41, 5.74) is 5.51. The van der Waals surface area contributed by atoms with Gasteiger partial charge in [0.2, 0.25) is 0 Å². The molecule has 1 heterocycles. The Morgan fingerprint density at radius 1 is 1.00 bits per heavy atom. The average Bonchev–Trinajstić information content (AvgIpc) is 2.85. The fourth-order valence-electron chi connectivity index (χ4n) is 2.20. The molecular weight excluding hydrogens is 182 g/mol. The van der Waals surface area contributed by atoms with Gasteiger partial charge in [-0.05, 0) is 41.7 Å². The lowest BCUT2D eigenvalue weighted by molar-refractivity contribution is 1.09. The van der Waals surface area contributed by atoms with Crippen molar-refractivity contribution in [3.8, 4) is 0 Å². The molecule has 1 N–H and O–H groups in total. The topological polar surface area (TPSA) is 15.8 Å². The van der Waals surface area contributed by atoms with E-state index in [9.17, 15) is 0 Å². The fraction of sp³-hybridized carbons (Fsp3) is 0.143. The Labute approximate surface area is 89.5 Å². The molecule has 0 aliphatic heterocycles. The van der Waals surface area contributed by atoms with Gasteiger partial charge in [-0.2, -0.15) is 0 Å². The number of aryl methyl sites for hydroxylation is 1. The van der Waals surface area contributed by atoms with Crippen molar-refractivity contribution in [1.82, 2.24) is 4.98 Å². The minimum absolute atomic E-state index is 1.16. The average molecular weight is 195 g/mol. The normalized spacial score (nSPS) is 16.9. The van der Waals surface area contributed by atoms with Crippen LogP contribution in [0.3, 0.4) is 0 Å². The van der Waals surface area contributed by atoms with Crippen LogP contribution in [0.15, 0.2) is 42.6 Å². The maximum Gasteiger partial charge on any atom is 0.0445 e. The summed E-state index contributed by atoms with van der Waals surface area (Å²) < 4.78 is 0. The quantitative estimate of drug-likeness (QED) is 0.716. The van der Waals surface area contributed by atoms with Crippen molar-refractivity contribution in [2.24, 2.45) is 0 Å². The van der Waals surface area contributed by atoms with Crippen LogP contribution in [0.1, 0.15) is 23.2 Å². The molecule has 74 valence electrons. The second kappa shape index (κ2) is 3.43. The molecule has 1 nitrogen and oxygen atoms in total. The zero-order chi connectivity index (χ0) is 10.1. The molecule has 0 radical (unpaired) electrons. The Kier molecular flexibility index (Phi) is 1.95. The van der Waals surface area contributed by atoms with Crippen LogP contribution in [-0.2, 0) is 6.42 Å². The third kappa shape index (κ3) is 1.50. The smallest absolute Gasteiger partial charge is 0.0445 e. The second-order valence-electron chi connectivity index (χ2n) is 3.96. The van der Waals surface area contributed by atoms with Crippen LogP contribution >= 0.6 is 0 Å². The summed E-state index contributed by atoms with van der Waals surface area (Å²) in [5.74, 6) is 0. The Morgan fingerprint density at radius 3 is 2.73 bits per heavy atom. The highest BCUT2D eigenvalue weighted by Gasteiger charge is 2.16. The van der Waals surface area contributed by atoms with Crippen molar-refractivity contribution < 1.29 is 0 Å². The molecule has 1 aromatic carbocycles. The van der Waals surface area contributed by atoms with Crippen LogP contribution in [0.4, 0.5) is 0 Å². The molecule has 0 spiro atoms. The Morgan fingerprint density at radius 2 is 1.87 bits per heavy atom. The molecule has 3 rings (SSSR count). The molecule has 0 bridgehead atoms. The van der Waals surface area contributed by atoms with Crippen molar-refractivity contribution in [3.05, 3.63) is 59.4 Å². The monoisotopic (exact) mass is 195 g/mol. The molecule has 1 aliphatic carbocycles. The molecule has 0 fully saturated rings. The highest BCUT2D eigenvalue weighted by Crippen LogP contribution is 2.32. The number of allylic oxidation sites excluding steroid dienone is 1. The molecule has 0 amide bonds. The minimum atomic E-state index is 1.16. The highest BCUT2D eigenvalue weighted by atomic mass is 14.7. The summed E-state index contributed by atoms with van der Waals surface area (Å²) in [6.07, 6.45) is 6.65. The largest absolute Gasteiger partial charge is 0.361 e. The molecule has 0 unspecified atom stereocenters. The zero-order valence-electron chi connectivity index (χ0n) is 8.53. The minimum Gasteiger partial charge on any atom is -0.361 e. The van der Waals surface area contributed by atoms with E-state index in [1.165, 1.54) is 28.8 Å². The molecule has 0 saturated carbocycles. The van der Waals surface area contributed by atoms with Gasteiger partial charge in [0.15, 0.2) is 0 Å². The lowest BCUT2D eigenvalue weighted by atomic mass is 10.1. The number of rotatable bonds is 1. The van der Waals surface area contributed by atoms with Gasteiger partial charge in [0.25, 0.3) is 0 Å². The third-order valence-electron chi connectivity index (χ3n) is 2.96. The zero-order valence-corrected chi connectivity index (χ0v) is 8.53. The number of aromatic amines is 1. The molecule has 1 heteroatoms. The predicted octanol–water partition coefficient (Wildman–Crippen LogP) is 3.50. The van der Waals surface area contributed by atoms with Gasteiger partial charge in [-0.3, -0.25) is 0 Å². The number of benzene rings is 1. The van der Waals surface area contributed by atoms with Crippen molar-refractivity contribution in [1.29, 1.82) is 0 Å². The van der Waals surface area contributed by atoms with Crippen molar-refractivity contribution in [2.75, 3.05) is 0 Å². The summed E-state index contributed by atoms with van der Waals surface area (Å²) >= 11 is 0. The lowest BCUT2D eigenvalue weighted by Gasteiger charge is -1.98. The molecule has 1 aliphatic rings. The van der Waals surface area contributed by atoms with Gasteiger partial charge in [0, 0.05) is 11.9 Å². The first kappa shape index (κ1) is 8.54. The van der Waals surface area contributed by atoms with E-state index < -0.39 is 0 Å². The van der Waals surface area contributed by atoms with E-state index in [1.807, 2.05) is 6.20 Å². The van der Waals surface area contributed by atoms with Crippen LogP contribution in [-0.4, -0.2) is 4.98 Å². The first-order valence-electron chi connectivity index (χ1n) is 5.36. The van der Waals surface area contributed by atoms with Crippen molar-refractivity contribution in [3.63, 3.8) is 0 Å². The van der Waals surface area contributed by atoms with E-state index in [4.69, 9.17) is 0 Å². The van der Waals surface area contributed by atoms with Gasteiger partial charge in [-0.1, -0.05) is 30.3 Å². The van der Waals surface area contributed by atoms with Crippen molar-refractivity contribution >= 4 is 11.6 Å². The van der Waals surface area contributed by atoms with Gasteiger partial charge in [-0.25, -0.2) is 0 Å². The molecule has 1 aromatic heterocycles. The Hall–Kier alpha value is -1.76. The van der Waals surface area contributed by atoms with E-state index in [0.29, 0.717) is 0 Å². The molecule has 2 aromatic rings. The molecule has 15 heavy (non-hydrogen) atoms. The second-order valence-corrected chi connectivity index (χ2v) is 3.96. The van der Waals surface area contributed by atoms with E-state index in [-0.39, 0.29) is 0 Å². The first-order chi connectivity index (χ1) is 7.43.